The fourth-order valence-electron chi connectivity index (χ4n) is 4.37. The van der Waals surface area contributed by atoms with Gasteiger partial charge in [-0.2, -0.15) is 0 Å². The van der Waals surface area contributed by atoms with Gasteiger partial charge >= 0.3 is 6.03 Å². The van der Waals surface area contributed by atoms with E-state index in [1.165, 1.54) is 6.42 Å². The van der Waals surface area contributed by atoms with E-state index < -0.39 is 0 Å². The molecular formula is C22H25N5O4. The number of furan rings is 1. The van der Waals surface area contributed by atoms with Gasteiger partial charge in [0.15, 0.2) is 5.76 Å². The second-order valence-electron chi connectivity index (χ2n) is 8.09. The van der Waals surface area contributed by atoms with Crippen LogP contribution in [0, 0.1) is 6.92 Å². The van der Waals surface area contributed by atoms with Crippen molar-refractivity contribution in [2.75, 3.05) is 39.3 Å². The Bertz CT molecular complexity index is 1090. The molecule has 9 heteroatoms. The first kappa shape index (κ1) is 19.6. The lowest BCUT2D eigenvalue weighted by atomic mass is 10.1. The van der Waals surface area contributed by atoms with Gasteiger partial charge in [0.25, 0.3) is 11.6 Å². The van der Waals surface area contributed by atoms with Gasteiger partial charge in [-0.3, -0.25) is 4.79 Å². The average Bonchev–Trinajstić information content (AvgIpc) is 3.49. The molecule has 0 aromatic carbocycles. The number of carbonyl (C=O) groups is 2. The lowest BCUT2D eigenvalue weighted by molar-refractivity contribution is 0.0634. The van der Waals surface area contributed by atoms with Gasteiger partial charge < -0.3 is 23.6 Å². The molecule has 31 heavy (non-hydrogen) atoms. The van der Waals surface area contributed by atoms with Gasteiger partial charge in [-0.05, 0) is 44.4 Å². The van der Waals surface area contributed by atoms with E-state index in [9.17, 15) is 9.59 Å². The van der Waals surface area contributed by atoms with Gasteiger partial charge in [0.1, 0.15) is 5.69 Å². The highest BCUT2D eigenvalue weighted by Gasteiger charge is 2.30. The van der Waals surface area contributed by atoms with Crippen LogP contribution >= 0.6 is 0 Å². The van der Waals surface area contributed by atoms with Crippen molar-refractivity contribution in [2.45, 2.75) is 26.2 Å². The maximum Gasteiger partial charge on any atom is 0.320 e. The van der Waals surface area contributed by atoms with E-state index in [0.29, 0.717) is 60.0 Å². The van der Waals surface area contributed by atoms with E-state index in [1.807, 2.05) is 9.80 Å². The molecule has 5 rings (SSSR count). The van der Waals surface area contributed by atoms with Crippen LogP contribution in [0.4, 0.5) is 4.79 Å². The number of piperazine rings is 1. The van der Waals surface area contributed by atoms with E-state index in [-0.39, 0.29) is 11.9 Å². The van der Waals surface area contributed by atoms with E-state index in [2.05, 4.69) is 10.1 Å². The summed E-state index contributed by atoms with van der Waals surface area (Å²) in [6.45, 7) is 5.49. The molecule has 3 aromatic heterocycles. The molecule has 0 atom stereocenters. The minimum Gasteiger partial charge on any atom is -0.463 e. The maximum absolute atomic E-state index is 13.4. The summed E-state index contributed by atoms with van der Waals surface area (Å²) in [6, 6.07) is 5.38. The first-order valence-electron chi connectivity index (χ1n) is 10.8. The second kappa shape index (κ2) is 8.05. The van der Waals surface area contributed by atoms with Gasteiger partial charge in [-0.25, -0.2) is 9.78 Å². The molecule has 0 saturated carbocycles. The standard InChI is InChI=1S/C22H25N5O4/c1-15-19-16(14-17(18-6-5-13-30-18)23-20(19)31-24-15)21(28)25-9-11-27(12-10-25)22(29)26-7-3-2-4-8-26/h5-6,13-14H,2-4,7-12H2,1H3. The molecule has 2 aliphatic rings. The van der Waals surface area contributed by atoms with Crippen molar-refractivity contribution in [2.24, 2.45) is 0 Å². The number of fused-ring (bicyclic) bond motifs is 1. The molecule has 0 N–H and O–H groups in total. The van der Waals surface area contributed by atoms with Crippen molar-refractivity contribution in [1.82, 2.24) is 24.8 Å². The normalized spacial score (nSPS) is 17.4. The predicted octanol–water partition coefficient (Wildman–Crippen LogP) is 3.15. The first-order valence-corrected chi connectivity index (χ1v) is 10.8. The third-order valence-corrected chi connectivity index (χ3v) is 6.09. The Hall–Kier alpha value is -3.36. The summed E-state index contributed by atoms with van der Waals surface area (Å²) < 4.78 is 10.8. The number of urea groups is 1. The number of nitrogens with zero attached hydrogens (tertiary/aromatic N) is 5. The molecule has 0 bridgehead atoms. The third-order valence-electron chi connectivity index (χ3n) is 6.09. The van der Waals surface area contributed by atoms with E-state index in [1.54, 1.807) is 36.3 Å². The van der Waals surface area contributed by atoms with E-state index in [0.717, 1.165) is 25.9 Å². The van der Waals surface area contributed by atoms with Crippen LogP contribution in [-0.4, -0.2) is 76.0 Å². The van der Waals surface area contributed by atoms with Crippen LogP contribution in [0.15, 0.2) is 33.4 Å². The fourth-order valence-corrected chi connectivity index (χ4v) is 4.37. The number of piperidine rings is 1. The number of hydrogen-bond acceptors (Lipinski definition) is 6. The number of likely N-dealkylation sites (tertiary alicyclic amines) is 1. The zero-order valence-corrected chi connectivity index (χ0v) is 17.5. The first-order chi connectivity index (χ1) is 15.1. The molecule has 9 nitrogen and oxygen atoms in total. The monoisotopic (exact) mass is 423 g/mol. The molecule has 2 saturated heterocycles. The molecule has 5 heterocycles. The summed E-state index contributed by atoms with van der Waals surface area (Å²) in [4.78, 5) is 36.3. The molecular weight excluding hydrogens is 398 g/mol. The Morgan fingerprint density at radius 3 is 2.39 bits per heavy atom. The summed E-state index contributed by atoms with van der Waals surface area (Å²) in [5.74, 6) is 0.443. The molecule has 0 aliphatic carbocycles. The topological polar surface area (TPSA) is 95.9 Å². The van der Waals surface area contributed by atoms with Crippen molar-refractivity contribution in [3.63, 3.8) is 0 Å². The zero-order chi connectivity index (χ0) is 21.4. The quantitative estimate of drug-likeness (QED) is 0.628. The molecule has 3 aromatic rings. The third kappa shape index (κ3) is 3.64. The molecule has 0 unspecified atom stereocenters. The maximum atomic E-state index is 13.4. The van der Waals surface area contributed by atoms with Crippen LogP contribution in [0.2, 0.25) is 0 Å². The Kier molecular flexibility index (Phi) is 5.09. The van der Waals surface area contributed by atoms with Crippen LogP contribution < -0.4 is 0 Å². The Morgan fingerprint density at radius 1 is 0.968 bits per heavy atom. The summed E-state index contributed by atoms with van der Waals surface area (Å²) in [5.41, 5.74) is 1.95. The smallest absolute Gasteiger partial charge is 0.320 e. The Morgan fingerprint density at radius 2 is 1.68 bits per heavy atom. The van der Waals surface area contributed by atoms with Crippen molar-refractivity contribution in [1.29, 1.82) is 0 Å². The van der Waals surface area contributed by atoms with Gasteiger partial charge in [0.05, 0.1) is 22.9 Å². The number of amides is 3. The molecule has 0 radical (unpaired) electrons. The highest BCUT2D eigenvalue weighted by Crippen LogP contribution is 2.28. The summed E-state index contributed by atoms with van der Waals surface area (Å²) in [7, 11) is 0. The summed E-state index contributed by atoms with van der Waals surface area (Å²) in [5, 5.41) is 4.61. The van der Waals surface area contributed by atoms with Gasteiger partial charge in [0, 0.05) is 39.3 Å². The number of hydrogen-bond donors (Lipinski definition) is 0. The van der Waals surface area contributed by atoms with Crippen molar-refractivity contribution < 1.29 is 18.5 Å². The van der Waals surface area contributed by atoms with Crippen LogP contribution in [0.25, 0.3) is 22.6 Å². The van der Waals surface area contributed by atoms with Crippen LogP contribution in [-0.2, 0) is 0 Å². The number of pyridine rings is 1. The highest BCUT2D eigenvalue weighted by molar-refractivity contribution is 6.07. The summed E-state index contributed by atoms with van der Waals surface area (Å²) >= 11 is 0. The minimum atomic E-state index is -0.114. The zero-order valence-electron chi connectivity index (χ0n) is 17.5. The average molecular weight is 423 g/mol. The second-order valence-corrected chi connectivity index (χ2v) is 8.09. The van der Waals surface area contributed by atoms with Crippen LogP contribution in [0.1, 0.15) is 35.3 Å². The Balaban J connectivity index is 1.36. The lowest BCUT2D eigenvalue weighted by Gasteiger charge is -2.38. The number of aryl methyl sites for hydroxylation is 1. The van der Waals surface area contributed by atoms with Gasteiger partial charge in [-0.15, -0.1) is 0 Å². The lowest BCUT2D eigenvalue weighted by Crippen LogP contribution is -2.54. The Labute approximate surface area is 179 Å². The fraction of sp³-hybridized carbons (Fsp3) is 0.455. The highest BCUT2D eigenvalue weighted by atomic mass is 16.5. The number of rotatable bonds is 2. The van der Waals surface area contributed by atoms with Crippen molar-refractivity contribution in [3.8, 4) is 11.5 Å². The minimum absolute atomic E-state index is 0.0908. The van der Waals surface area contributed by atoms with E-state index in [4.69, 9.17) is 8.94 Å². The number of carbonyl (C=O) groups excluding carboxylic acids is 2. The molecule has 162 valence electrons. The molecule has 0 spiro atoms. The SMILES string of the molecule is Cc1noc2nc(-c3ccco3)cc(C(=O)N3CCN(C(=O)N4CCCCC4)CC3)c12. The molecule has 2 fully saturated rings. The van der Waals surface area contributed by atoms with Crippen LogP contribution in [0.3, 0.4) is 0 Å². The van der Waals surface area contributed by atoms with Crippen LogP contribution in [0.5, 0.6) is 0 Å². The van der Waals surface area contributed by atoms with E-state index >= 15 is 0 Å². The van der Waals surface area contributed by atoms with Gasteiger partial charge in [0.2, 0.25) is 0 Å². The molecule has 2 aliphatic heterocycles. The predicted molar refractivity (Wildman–Crippen MR) is 113 cm³/mol. The van der Waals surface area contributed by atoms with Gasteiger partial charge in [-0.1, -0.05) is 5.16 Å². The number of aromatic nitrogens is 2. The summed E-state index contributed by atoms with van der Waals surface area (Å²) in [6.07, 6.45) is 4.89. The van der Waals surface area contributed by atoms with Crippen molar-refractivity contribution >= 4 is 23.0 Å². The molecule has 3 amide bonds. The van der Waals surface area contributed by atoms with Crippen molar-refractivity contribution in [3.05, 3.63) is 35.7 Å². The largest absolute Gasteiger partial charge is 0.463 e.